The second-order valence-electron chi connectivity index (χ2n) is 9.66. The molecule has 3 rings (SSSR count). The van der Waals surface area contributed by atoms with E-state index in [0.29, 0.717) is 11.2 Å². The number of hydrogen-bond donors (Lipinski definition) is 0. The lowest BCUT2D eigenvalue weighted by atomic mass is 9.60. The first-order chi connectivity index (χ1) is 11.9. The molecule has 6 heteroatoms. The molecule has 0 aliphatic heterocycles. The quantitative estimate of drug-likeness (QED) is 0.724. The first-order valence-corrected chi connectivity index (χ1v) is 9.76. The second kappa shape index (κ2) is 6.36. The summed E-state index contributed by atoms with van der Waals surface area (Å²) in [5.41, 5.74) is -0.544. The number of carbonyl (C=O) groups excluding carboxylic acids is 1. The fraction of sp³-hybridized carbons (Fsp3) is 0.750. The van der Waals surface area contributed by atoms with Gasteiger partial charge < -0.3 is 9.64 Å². The van der Waals surface area contributed by atoms with Crippen LogP contribution in [-0.2, 0) is 9.53 Å². The molecular weight excluding hydrogens is 350 g/mol. The molecule has 0 saturated heterocycles. The number of esters is 1. The number of rotatable bonds is 3. The molecule has 5 nitrogen and oxygen atoms in total. The van der Waals surface area contributed by atoms with Crippen molar-refractivity contribution in [2.24, 2.45) is 16.7 Å². The largest absolute Gasteiger partial charge is 0.460 e. The van der Waals surface area contributed by atoms with Gasteiger partial charge in [-0.2, -0.15) is 0 Å². The molecule has 0 N–H and O–H groups in total. The van der Waals surface area contributed by atoms with Crippen molar-refractivity contribution in [2.75, 3.05) is 11.9 Å². The van der Waals surface area contributed by atoms with E-state index < -0.39 is 5.60 Å². The Hall–Kier alpha value is -1.36. The summed E-state index contributed by atoms with van der Waals surface area (Å²) in [5, 5.41) is 8.59. The summed E-state index contributed by atoms with van der Waals surface area (Å²) in [6.45, 7) is 10.3. The van der Waals surface area contributed by atoms with Gasteiger partial charge in [0.05, 0.1) is 5.92 Å². The fourth-order valence-electron chi connectivity index (χ4n) is 5.18. The van der Waals surface area contributed by atoms with Gasteiger partial charge in [-0.25, -0.2) is 0 Å². The highest BCUT2D eigenvalue weighted by atomic mass is 35.5. The molecule has 0 amide bonds. The molecule has 0 radical (unpaired) electrons. The topological polar surface area (TPSA) is 55.3 Å². The number of ether oxygens (including phenoxy) is 1. The number of carbonyl (C=O) groups is 1. The van der Waals surface area contributed by atoms with Crippen molar-refractivity contribution in [1.29, 1.82) is 0 Å². The number of hydrogen-bond acceptors (Lipinski definition) is 5. The van der Waals surface area contributed by atoms with E-state index in [1.54, 1.807) is 6.07 Å². The molecule has 0 spiro atoms. The number of aromatic nitrogens is 2. The summed E-state index contributed by atoms with van der Waals surface area (Å²) in [4.78, 5) is 15.2. The molecule has 1 aromatic rings. The Kier molecular flexibility index (Phi) is 4.75. The van der Waals surface area contributed by atoms with Crippen molar-refractivity contribution in [3.63, 3.8) is 0 Å². The Morgan fingerprint density at radius 1 is 1.19 bits per heavy atom. The molecule has 2 aliphatic carbocycles. The van der Waals surface area contributed by atoms with Crippen LogP contribution < -0.4 is 4.90 Å². The third-order valence-corrected chi connectivity index (χ3v) is 6.44. The standard InChI is InChI=1S/C20H30ClN3O2/c1-18(2,3)26-17(25)16-19(4)9-10-20(16,5)12-13(11-19)24(6)15-8-7-14(21)22-23-15/h7-8,13,16H,9-12H2,1-6H3/t13-,16?,19-,20+. The lowest BCUT2D eigenvalue weighted by Crippen LogP contribution is -2.52. The third-order valence-electron chi connectivity index (χ3n) is 6.23. The summed E-state index contributed by atoms with van der Waals surface area (Å²) in [7, 11) is 2.06. The molecule has 2 bridgehead atoms. The molecule has 1 aromatic heterocycles. The van der Waals surface area contributed by atoms with E-state index >= 15 is 0 Å². The minimum atomic E-state index is -0.449. The molecule has 26 heavy (non-hydrogen) atoms. The molecule has 2 saturated carbocycles. The van der Waals surface area contributed by atoms with E-state index in [9.17, 15) is 4.79 Å². The third kappa shape index (κ3) is 3.55. The zero-order chi connectivity index (χ0) is 19.3. The van der Waals surface area contributed by atoms with E-state index in [0.717, 1.165) is 31.5 Å². The van der Waals surface area contributed by atoms with Crippen molar-refractivity contribution in [1.82, 2.24) is 10.2 Å². The van der Waals surface area contributed by atoms with Gasteiger partial charge in [-0.1, -0.05) is 25.4 Å². The van der Waals surface area contributed by atoms with Crippen LogP contribution in [0, 0.1) is 16.7 Å². The maximum Gasteiger partial charge on any atom is 0.310 e. The average molecular weight is 380 g/mol. The number of halogens is 1. The predicted molar refractivity (Wildman–Crippen MR) is 103 cm³/mol. The summed E-state index contributed by atoms with van der Waals surface area (Å²) in [6.07, 6.45) is 4.02. The zero-order valence-electron chi connectivity index (χ0n) is 16.7. The average Bonchev–Trinajstić information content (AvgIpc) is 2.67. The van der Waals surface area contributed by atoms with Crippen LogP contribution in [0.2, 0.25) is 5.15 Å². The van der Waals surface area contributed by atoms with Gasteiger partial charge in [0.2, 0.25) is 0 Å². The van der Waals surface area contributed by atoms with E-state index in [1.165, 1.54) is 0 Å². The first kappa shape index (κ1) is 19.4. The summed E-state index contributed by atoms with van der Waals surface area (Å²) >= 11 is 5.87. The predicted octanol–water partition coefficient (Wildman–Crippen LogP) is 4.49. The minimum Gasteiger partial charge on any atom is -0.460 e. The smallest absolute Gasteiger partial charge is 0.310 e. The van der Waals surface area contributed by atoms with Crippen molar-refractivity contribution in [2.45, 2.75) is 71.9 Å². The number of nitrogens with zero attached hydrogens (tertiary/aromatic N) is 3. The summed E-state index contributed by atoms with van der Waals surface area (Å²) in [5.74, 6) is 0.740. The lowest BCUT2D eigenvalue weighted by Gasteiger charge is -2.49. The SMILES string of the molecule is CN(c1ccc(Cl)nn1)[C@H]1C[C@]2(C)CC[C@](C)(C1)C2C(=O)OC(C)(C)C. The van der Waals surface area contributed by atoms with Gasteiger partial charge in [0, 0.05) is 13.1 Å². The van der Waals surface area contributed by atoms with E-state index in [1.807, 2.05) is 26.8 Å². The van der Waals surface area contributed by atoms with Gasteiger partial charge in [0.1, 0.15) is 5.60 Å². The maximum absolute atomic E-state index is 13.0. The van der Waals surface area contributed by atoms with Crippen molar-refractivity contribution in [3.05, 3.63) is 17.3 Å². The highest BCUT2D eigenvalue weighted by Gasteiger charge is 2.61. The van der Waals surface area contributed by atoms with Crippen molar-refractivity contribution >= 4 is 23.4 Å². The normalized spacial score (nSPS) is 33.8. The molecule has 2 fully saturated rings. The Balaban J connectivity index is 1.83. The molecule has 1 unspecified atom stereocenters. The number of fused-ring (bicyclic) bond motifs is 2. The van der Waals surface area contributed by atoms with Crippen LogP contribution in [0.4, 0.5) is 5.82 Å². The number of anilines is 1. The zero-order valence-corrected chi connectivity index (χ0v) is 17.4. The minimum absolute atomic E-state index is 0.0348. The van der Waals surface area contributed by atoms with Gasteiger partial charge >= 0.3 is 5.97 Å². The fourth-order valence-corrected chi connectivity index (χ4v) is 5.28. The molecule has 0 aromatic carbocycles. The molecule has 144 valence electrons. The Bertz CT molecular complexity index is 667. The van der Waals surface area contributed by atoms with Crippen LogP contribution >= 0.6 is 11.6 Å². The first-order valence-electron chi connectivity index (χ1n) is 9.39. The monoisotopic (exact) mass is 379 g/mol. The van der Waals surface area contributed by atoms with Gasteiger partial charge in [0.25, 0.3) is 0 Å². The van der Waals surface area contributed by atoms with E-state index in [-0.39, 0.29) is 22.7 Å². The summed E-state index contributed by atoms with van der Waals surface area (Å²) < 4.78 is 5.79. The highest BCUT2D eigenvalue weighted by Crippen LogP contribution is 2.63. The Morgan fingerprint density at radius 3 is 2.23 bits per heavy atom. The van der Waals surface area contributed by atoms with Crippen LogP contribution in [0.25, 0.3) is 0 Å². The van der Waals surface area contributed by atoms with Crippen LogP contribution in [0.3, 0.4) is 0 Å². The van der Waals surface area contributed by atoms with E-state index in [2.05, 4.69) is 36.0 Å². The van der Waals surface area contributed by atoms with Crippen LogP contribution in [0.15, 0.2) is 12.1 Å². The van der Waals surface area contributed by atoms with Gasteiger partial charge in [0.15, 0.2) is 11.0 Å². The summed E-state index contributed by atoms with van der Waals surface area (Å²) in [6, 6.07) is 3.99. The van der Waals surface area contributed by atoms with Crippen LogP contribution in [0.1, 0.15) is 60.3 Å². The molecule has 4 atom stereocenters. The van der Waals surface area contributed by atoms with Crippen molar-refractivity contribution in [3.8, 4) is 0 Å². The van der Waals surface area contributed by atoms with Gasteiger partial charge in [-0.3, -0.25) is 4.79 Å². The maximum atomic E-state index is 13.0. The second-order valence-corrected chi connectivity index (χ2v) is 10.0. The molecular formula is C20H30ClN3O2. The van der Waals surface area contributed by atoms with E-state index in [4.69, 9.17) is 16.3 Å². The van der Waals surface area contributed by atoms with Gasteiger partial charge in [-0.15, -0.1) is 10.2 Å². The highest BCUT2D eigenvalue weighted by molar-refractivity contribution is 6.29. The molecule has 2 aliphatic rings. The molecule has 1 heterocycles. The van der Waals surface area contributed by atoms with Gasteiger partial charge in [-0.05, 0) is 69.4 Å². The Labute approximate surface area is 161 Å². The van der Waals surface area contributed by atoms with Crippen LogP contribution in [0.5, 0.6) is 0 Å². The van der Waals surface area contributed by atoms with Crippen LogP contribution in [-0.4, -0.2) is 34.9 Å². The Morgan fingerprint density at radius 2 is 1.77 bits per heavy atom. The lowest BCUT2D eigenvalue weighted by molar-refractivity contribution is -0.171. The van der Waals surface area contributed by atoms with Crippen molar-refractivity contribution < 1.29 is 9.53 Å².